The van der Waals surface area contributed by atoms with E-state index in [0.717, 1.165) is 22.3 Å². The Labute approximate surface area is 255 Å². The van der Waals surface area contributed by atoms with Crippen molar-refractivity contribution in [3.63, 3.8) is 0 Å². The summed E-state index contributed by atoms with van der Waals surface area (Å²) in [5, 5.41) is 3.52. The minimum Gasteiger partial charge on any atom is -0.354 e. The maximum Gasteiger partial charge on any atom is 0.243 e. The zero-order valence-electron chi connectivity index (χ0n) is 25.1. The summed E-state index contributed by atoms with van der Waals surface area (Å²) in [6.45, 7) is 8.63. The molecule has 2 amide bonds. The molecule has 0 aliphatic heterocycles. The summed E-state index contributed by atoms with van der Waals surface area (Å²) in [6, 6.07) is 21.7. The summed E-state index contributed by atoms with van der Waals surface area (Å²) >= 11 is 6.50. The van der Waals surface area contributed by atoms with Crippen LogP contribution in [0, 0.1) is 19.8 Å². The highest BCUT2D eigenvalue weighted by Crippen LogP contribution is 2.26. The molecule has 0 aromatic heterocycles. The van der Waals surface area contributed by atoms with Gasteiger partial charge in [0.15, 0.2) is 0 Å². The molecule has 3 aromatic carbocycles. The van der Waals surface area contributed by atoms with Crippen LogP contribution in [0.5, 0.6) is 0 Å². The molecule has 0 aliphatic rings. The van der Waals surface area contributed by atoms with Crippen molar-refractivity contribution >= 4 is 39.1 Å². The second-order valence-corrected chi connectivity index (χ2v) is 13.4. The molecule has 9 heteroatoms. The van der Waals surface area contributed by atoms with Gasteiger partial charge in [0.2, 0.25) is 21.8 Å². The molecule has 0 heterocycles. The highest BCUT2D eigenvalue weighted by Gasteiger charge is 2.31. The lowest BCUT2D eigenvalue weighted by molar-refractivity contribution is -0.141. The van der Waals surface area contributed by atoms with Gasteiger partial charge in [0.25, 0.3) is 0 Å². The lowest BCUT2D eigenvalue weighted by atomic mass is 10.0. The number of rotatable bonds is 14. The fourth-order valence-electron chi connectivity index (χ4n) is 4.77. The molecule has 1 N–H and O–H groups in total. The van der Waals surface area contributed by atoms with Crippen LogP contribution < -0.4 is 9.62 Å². The van der Waals surface area contributed by atoms with Gasteiger partial charge in [-0.15, -0.1) is 0 Å². The summed E-state index contributed by atoms with van der Waals surface area (Å²) in [5.41, 5.74) is 4.12. The number of carbonyl (C=O) groups excluding carboxylic acids is 2. The second kappa shape index (κ2) is 15.2. The quantitative estimate of drug-likeness (QED) is 0.245. The van der Waals surface area contributed by atoms with E-state index in [0.29, 0.717) is 23.7 Å². The fraction of sp³-hybridized carbons (Fsp3) is 0.394. The van der Waals surface area contributed by atoms with Crippen LogP contribution in [0.3, 0.4) is 0 Å². The molecule has 0 radical (unpaired) electrons. The number of benzene rings is 3. The summed E-state index contributed by atoms with van der Waals surface area (Å²) in [5.74, 6) is -0.239. The van der Waals surface area contributed by atoms with Crippen molar-refractivity contribution in [2.75, 3.05) is 23.7 Å². The van der Waals surface area contributed by atoms with E-state index >= 15 is 0 Å². The SMILES string of the molecule is Cc1cccc(N(CCCC(=O)N(Cc2ccccc2Cl)C(Cc2ccccc2)C(=O)NCC(C)C)S(C)(=O)=O)c1C. The van der Waals surface area contributed by atoms with E-state index in [9.17, 15) is 18.0 Å². The van der Waals surface area contributed by atoms with Gasteiger partial charge in [-0.3, -0.25) is 13.9 Å². The molecule has 226 valence electrons. The molecule has 0 aliphatic carbocycles. The third-order valence-corrected chi connectivity index (χ3v) is 8.80. The predicted molar refractivity (Wildman–Crippen MR) is 171 cm³/mol. The Morgan fingerprint density at radius 2 is 1.60 bits per heavy atom. The lowest BCUT2D eigenvalue weighted by Crippen LogP contribution is -2.51. The minimum absolute atomic E-state index is 0.0596. The van der Waals surface area contributed by atoms with E-state index in [1.54, 1.807) is 17.0 Å². The maximum atomic E-state index is 14.0. The molecule has 0 spiro atoms. The van der Waals surface area contributed by atoms with E-state index in [1.165, 1.54) is 10.6 Å². The van der Waals surface area contributed by atoms with Crippen LogP contribution >= 0.6 is 11.6 Å². The Bertz CT molecular complexity index is 1460. The van der Waals surface area contributed by atoms with Crippen LogP contribution in [-0.4, -0.2) is 50.5 Å². The van der Waals surface area contributed by atoms with Crippen LogP contribution in [-0.2, 0) is 32.6 Å². The number of hydrogen-bond acceptors (Lipinski definition) is 4. The van der Waals surface area contributed by atoms with Crippen LogP contribution in [0.4, 0.5) is 5.69 Å². The van der Waals surface area contributed by atoms with Crippen molar-refractivity contribution in [3.05, 3.63) is 100 Å². The minimum atomic E-state index is -3.59. The summed E-state index contributed by atoms with van der Waals surface area (Å²) in [6.07, 6.45) is 1.85. The van der Waals surface area contributed by atoms with Crippen molar-refractivity contribution < 1.29 is 18.0 Å². The van der Waals surface area contributed by atoms with Gasteiger partial charge in [0, 0.05) is 37.5 Å². The molecule has 0 bridgehead atoms. The Kier molecular flexibility index (Phi) is 12.0. The summed E-state index contributed by atoms with van der Waals surface area (Å²) in [7, 11) is -3.59. The molecule has 3 aromatic rings. The van der Waals surface area contributed by atoms with Crippen molar-refractivity contribution in [2.45, 2.75) is 59.5 Å². The largest absolute Gasteiger partial charge is 0.354 e. The molecular weight excluding hydrogens is 570 g/mol. The number of hydrogen-bond donors (Lipinski definition) is 1. The first-order valence-electron chi connectivity index (χ1n) is 14.3. The van der Waals surface area contributed by atoms with Crippen molar-refractivity contribution in [1.29, 1.82) is 0 Å². The average Bonchev–Trinajstić information content (AvgIpc) is 2.94. The van der Waals surface area contributed by atoms with Gasteiger partial charge in [-0.2, -0.15) is 0 Å². The molecular formula is C33H42ClN3O4S. The number of amides is 2. The summed E-state index contributed by atoms with van der Waals surface area (Å²) < 4.78 is 26.9. The lowest BCUT2D eigenvalue weighted by Gasteiger charge is -2.32. The van der Waals surface area contributed by atoms with Gasteiger partial charge in [0.1, 0.15) is 6.04 Å². The number of sulfonamides is 1. The smallest absolute Gasteiger partial charge is 0.243 e. The van der Waals surface area contributed by atoms with Crippen molar-refractivity contribution in [3.8, 4) is 0 Å². The molecule has 7 nitrogen and oxygen atoms in total. The Morgan fingerprint density at radius 3 is 2.24 bits per heavy atom. The van der Waals surface area contributed by atoms with Crippen molar-refractivity contribution in [2.24, 2.45) is 5.92 Å². The first-order chi connectivity index (χ1) is 19.9. The van der Waals surface area contributed by atoms with E-state index in [2.05, 4.69) is 5.32 Å². The zero-order chi connectivity index (χ0) is 30.9. The number of halogens is 1. The predicted octanol–water partition coefficient (Wildman–Crippen LogP) is 5.92. The molecule has 0 saturated carbocycles. The highest BCUT2D eigenvalue weighted by molar-refractivity contribution is 7.92. The maximum absolute atomic E-state index is 14.0. The van der Waals surface area contributed by atoms with E-state index in [4.69, 9.17) is 11.6 Å². The molecule has 0 fully saturated rings. The zero-order valence-corrected chi connectivity index (χ0v) is 26.7. The topological polar surface area (TPSA) is 86.8 Å². The van der Waals surface area contributed by atoms with Crippen molar-refractivity contribution in [1.82, 2.24) is 10.2 Å². The molecule has 0 saturated heterocycles. The van der Waals surface area contributed by atoms with E-state index in [-0.39, 0.29) is 43.7 Å². The highest BCUT2D eigenvalue weighted by atomic mass is 35.5. The summed E-state index contributed by atoms with van der Waals surface area (Å²) in [4.78, 5) is 29.2. The first kappa shape index (κ1) is 33.1. The van der Waals surface area contributed by atoms with Gasteiger partial charge in [0.05, 0.1) is 11.9 Å². The van der Waals surface area contributed by atoms with Gasteiger partial charge in [-0.05, 0) is 60.6 Å². The van der Waals surface area contributed by atoms with Crippen LogP contribution in [0.2, 0.25) is 5.02 Å². The van der Waals surface area contributed by atoms with Crippen LogP contribution in [0.15, 0.2) is 72.8 Å². The molecule has 1 atom stereocenters. The number of anilines is 1. The third-order valence-electron chi connectivity index (χ3n) is 7.25. The Balaban J connectivity index is 1.91. The number of aryl methyl sites for hydroxylation is 1. The number of carbonyl (C=O) groups is 2. The first-order valence-corrected chi connectivity index (χ1v) is 16.5. The van der Waals surface area contributed by atoms with Crippen LogP contribution in [0.1, 0.15) is 48.9 Å². The fourth-order valence-corrected chi connectivity index (χ4v) is 5.99. The standard InChI is InChI=1S/C33H42ClN3O4S/c1-24(2)22-35-33(39)31(21-27-14-7-6-8-15-27)36(23-28-16-9-10-17-29(28)34)32(38)19-12-20-37(42(5,40)41)30-18-11-13-25(3)26(30)4/h6-11,13-18,24,31H,12,19-23H2,1-5H3,(H,35,39). The number of nitrogens with zero attached hydrogens (tertiary/aromatic N) is 2. The molecule has 3 rings (SSSR count). The van der Waals surface area contributed by atoms with Gasteiger partial charge >= 0.3 is 0 Å². The second-order valence-electron chi connectivity index (χ2n) is 11.1. The van der Waals surface area contributed by atoms with Gasteiger partial charge in [-0.25, -0.2) is 8.42 Å². The Morgan fingerprint density at radius 1 is 0.929 bits per heavy atom. The molecule has 1 unspecified atom stereocenters. The Hall–Kier alpha value is -3.36. The molecule has 42 heavy (non-hydrogen) atoms. The normalized spacial score (nSPS) is 12.2. The monoisotopic (exact) mass is 611 g/mol. The van der Waals surface area contributed by atoms with E-state index in [1.807, 2.05) is 88.4 Å². The van der Waals surface area contributed by atoms with Crippen LogP contribution in [0.25, 0.3) is 0 Å². The number of nitrogens with one attached hydrogen (secondary N) is 1. The average molecular weight is 612 g/mol. The van der Waals surface area contributed by atoms with E-state index < -0.39 is 16.1 Å². The van der Waals surface area contributed by atoms with Gasteiger partial charge in [-0.1, -0.05) is 86.1 Å². The van der Waals surface area contributed by atoms with Gasteiger partial charge < -0.3 is 10.2 Å². The third kappa shape index (κ3) is 9.33.